The minimum atomic E-state index is -3.54. The van der Waals surface area contributed by atoms with Crippen molar-refractivity contribution in [2.75, 3.05) is 37.2 Å². The highest BCUT2D eigenvalue weighted by atomic mass is 35.5. The molecule has 0 radical (unpaired) electrons. The maximum atomic E-state index is 15.1. The van der Waals surface area contributed by atoms with Gasteiger partial charge in [0.15, 0.2) is 9.84 Å². The SMILES string of the molecule is COCC1CC(C(=O)Nc2ccc(-c3ccccc3S(C)(=O)=O)cc2F)N(C(=O)Nc2ccc(Cl)cc2)C1. The lowest BCUT2D eigenvalue weighted by atomic mass is 10.0. The molecule has 3 aromatic carbocycles. The van der Waals surface area contributed by atoms with Crippen LogP contribution in [0.2, 0.25) is 5.02 Å². The lowest BCUT2D eigenvalue weighted by molar-refractivity contribution is -0.119. The van der Waals surface area contributed by atoms with Gasteiger partial charge in [-0.1, -0.05) is 35.9 Å². The van der Waals surface area contributed by atoms with Crippen molar-refractivity contribution in [1.82, 2.24) is 4.90 Å². The van der Waals surface area contributed by atoms with Crippen molar-refractivity contribution in [2.45, 2.75) is 17.4 Å². The molecule has 1 aliphatic heterocycles. The molecule has 8 nitrogen and oxygen atoms in total. The number of rotatable bonds is 7. The maximum absolute atomic E-state index is 15.1. The molecule has 4 rings (SSSR count). The Morgan fingerprint density at radius 1 is 1.08 bits per heavy atom. The fraction of sp³-hybridized carbons (Fsp3) is 0.259. The van der Waals surface area contributed by atoms with Crippen LogP contribution in [0.15, 0.2) is 71.6 Å². The number of methoxy groups -OCH3 is 1. The van der Waals surface area contributed by atoms with Crippen molar-refractivity contribution in [1.29, 1.82) is 0 Å². The Morgan fingerprint density at radius 2 is 1.79 bits per heavy atom. The van der Waals surface area contributed by atoms with Gasteiger partial charge in [-0.3, -0.25) is 4.79 Å². The van der Waals surface area contributed by atoms with Gasteiger partial charge in [-0.2, -0.15) is 0 Å². The highest BCUT2D eigenvalue weighted by Crippen LogP contribution is 2.31. The molecule has 0 bridgehead atoms. The lowest BCUT2D eigenvalue weighted by Crippen LogP contribution is -2.45. The summed E-state index contributed by atoms with van der Waals surface area (Å²) in [4.78, 5) is 27.8. The second kappa shape index (κ2) is 11.5. The van der Waals surface area contributed by atoms with Gasteiger partial charge in [0.25, 0.3) is 0 Å². The van der Waals surface area contributed by atoms with Crippen LogP contribution in [0.4, 0.5) is 20.6 Å². The van der Waals surface area contributed by atoms with Crippen molar-refractivity contribution < 1.29 is 27.1 Å². The predicted molar refractivity (Wildman–Crippen MR) is 145 cm³/mol. The number of benzene rings is 3. The third-order valence-electron chi connectivity index (χ3n) is 6.27. The number of hydrogen-bond acceptors (Lipinski definition) is 5. The van der Waals surface area contributed by atoms with Gasteiger partial charge in [-0.15, -0.1) is 0 Å². The summed E-state index contributed by atoms with van der Waals surface area (Å²) >= 11 is 5.91. The van der Waals surface area contributed by atoms with E-state index < -0.39 is 33.6 Å². The fourth-order valence-corrected chi connectivity index (χ4v) is 5.55. The van der Waals surface area contributed by atoms with Crippen molar-refractivity contribution in [3.8, 4) is 11.1 Å². The van der Waals surface area contributed by atoms with E-state index in [9.17, 15) is 18.0 Å². The highest BCUT2D eigenvalue weighted by molar-refractivity contribution is 7.90. The minimum absolute atomic E-state index is 0.0774. The number of carbonyl (C=O) groups excluding carboxylic acids is 2. The van der Waals surface area contributed by atoms with E-state index in [4.69, 9.17) is 16.3 Å². The van der Waals surface area contributed by atoms with Crippen LogP contribution >= 0.6 is 11.6 Å². The molecule has 3 aromatic rings. The summed E-state index contributed by atoms with van der Waals surface area (Å²) in [6.45, 7) is 0.645. The number of urea groups is 1. The maximum Gasteiger partial charge on any atom is 0.322 e. The van der Waals surface area contributed by atoms with Crippen LogP contribution in [0.25, 0.3) is 11.1 Å². The summed E-state index contributed by atoms with van der Waals surface area (Å²) in [5.74, 6) is -1.35. The molecule has 3 amide bonds. The minimum Gasteiger partial charge on any atom is -0.384 e. The molecular weight excluding hydrogens is 533 g/mol. The topological polar surface area (TPSA) is 105 Å². The van der Waals surface area contributed by atoms with Crippen LogP contribution in [0, 0.1) is 11.7 Å². The largest absolute Gasteiger partial charge is 0.384 e. The van der Waals surface area contributed by atoms with Crippen LogP contribution in [-0.4, -0.2) is 57.8 Å². The number of hydrogen-bond donors (Lipinski definition) is 2. The van der Waals surface area contributed by atoms with Crippen molar-refractivity contribution in [3.05, 3.63) is 77.6 Å². The van der Waals surface area contributed by atoms with E-state index in [1.807, 2.05) is 0 Å². The average Bonchev–Trinajstić information content (AvgIpc) is 3.31. The summed E-state index contributed by atoms with van der Waals surface area (Å²) in [7, 11) is -1.99. The first kappa shape index (κ1) is 27.6. The van der Waals surface area contributed by atoms with E-state index in [1.165, 1.54) is 29.2 Å². The molecule has 0 saturated carbocycles. The summed E-state index contributed by atoms with van der Waals surface area (Å²) in [6, 6.07) is 15.6. The van der Waals surface area contributed by atoms with E-state index in [0.717, 1.165) is 6.26 Å². The Morgan fingerprint density at radius 3 is 2.45 bits per heavy atom. The van der Waals surface area contributed by atoms with E-state index in [2.05, 4.69) is 10.6 Å². The van der Waals surface area contributed by atoms with Gasteiger partial charge in [0.2, 0.25) is 5.91 Å². The average molecular weight is 560 g/mol. The predicted octanol–water partition coefficient (Wildman–Crippen LogP) is 5.06. The number of nitrogens with one attached hydrogen (secondary N) is 2. The quantitative estimate of drug-likeness (QED) is 0.421. The Hall–Kier alpha value is -3.47. The van der Waals surface area contributed by atoms with E-state index in [0.29, 0.717) is 34.9 Å². The molecule has 0 aliphatic carbocycles. The summed E-state index contributed by atoms with van der Waals surface area (Å²) in [5, 5.41) is 5.87. The molecule has 1 saturated heterocycles. The molecule has 200 valence electrons. The second-order valence-electron chi connectivity index (χ2n) is 9.11. The molecule has 0 aromatic heterocycles. The number of carbonyl (C=O) groups is 2. The number of nitrogens with zero attached hydrogens (tertiary/aromatic N) is 1. The van der Waals surface area contributed by atoms with Crippen molar-refractivity contribution in [3.63, 3.8) is 0 Å². The van der Waals surface area contributed by atoms with Gasteiger partial charge in [0.05, 0.1) is 17.2 Å². The number of sulfone groups is 1. The number of halogens is 2. The first-order valence-electron chi connectivity index (χ1n) is 11.8. The molecule has 2 atom stereocenters. The van der Waals surface area contributed by atoms with E-state index in [1.54, 1.807) is 49.6 Å². The number of amides is 3. The monoisotopic (exact) mass is 559 g/mol. The van der Waals surface area contributed by atoms with E-state index in [-0.39, 0.29) is 23.0 Å². The van der Waals surface area contributed by atoms with Crippen molar-refractivity contribution in [2.24, 2.45) is 5.92 Å². The fourth-order valence-electron chi connectivity index (χ4n) is 4.51. The second-order valence-corrected chi connectivity index (χ2v) is 11.5. The molecule has 38 heavy (non-hydrogen) atoms. The Balaban J connectivity index is 1.53. The Bertz CT molecular complexity index is 1450. The summed E-state index contributed by atoms with van der Waals surface area (Å²) in [6.07, 6.45) is 1.43. The molecule has 2 unspecified atom stereocenters. The van der Waals surface area contributed by atoms with Gasteiger partial charge >= 0.3 is 6.03 Å². The van der Waals surface area contributed by atoms with Gasteiger partial charge in [0, 0.05) is 42.1 Å². The first-order chi connectivity index (χ1) is 18.1. The van der Waals surface area contributed by atoms with Crippen LogP contribution < -0.4 is 10.6 Å². The van der Waals surface area contributed by atoms with Crippen LogP contribution in [0.5, 0.6) is 0 Å². The van der Waals surface area contributed by atoms with Gasteiger partial charge in [0.1, 0.15) is 11.9 Å². The van der Waals surface area contributed by atoms with E-state index >= 15 is 4.39 Å². The standard InChI is InChI=1S/C27H27ClFN3O5S/c1-37-16-17-13-24(32(15-17)27(34)30-20-10-8-19(28)9-11-20)26(33)31-23-12-7-18(14-22(23)29)21-5-3-4-6-25(21)38(2,35)36/h3-12,14,17,24H,13,15-16H2,1-2H3,(H,30,34)(H,31,33). The Labute approximate surface area is 225 Å². The van der Waals surface area contributed by atoms with Crippen LogP contribution in [0.3, 0.4) is 0 Å². The third kappa shape index (κ3) is 6.32. The first-order valence-corrected chi connectivity index (χ1v) is 14.1. The lowest BCUT2D eigenvalue weighted by Gasteiger charge is -2.24. The molecule has 2 N–H and O–H groups in total. The molecule has 11 heteroatoms. The number of anilines is 2. The molecule has 1 aliphatic rings. The zero-order chi connectivity index (χ0) is 27.4. The molecule has 1 fully saturated rings. The zero-order valence-corrected chi connectivity index (χ0v) is 22.4. The van der Waals surface area contributed by atoms with Gasteiger partial charge in [-0.05, 0) is 54.4 Å². The summed E-state index contributed by atoms with van der Waals surface area (Å²) < 4.78 is 44.6. The van der Waals surface area contributed by atoms with Crippen molar-refractivity contribution >= 4 is 44.8 Å². The van der Waals surface area contributed by atoms with Crippen LogP contribution in [-0.2, 0) is 19.4 Å². The smallest absolute Gasteiger partial charge is 0.322 e. The van der Waals surface area contributed by atoms with Gasteiger partial charge < -0.3 is 20.3 Å². The number of likely N-dealkylation sites (tertiary alicyclic amines) is 1. The third-order valence-corrected chi connectivity index (χ3v) is 7.68. The van der Waals surface area contributed by atoms with Gasteiger partial charge in [-0.25, -0.2) is 17.6 Å². The Kier molecular flexibility index (Phi) is 8.35. The molecule has 0 spiro atoms. The number of ether oxygens (including phenoxy) is 1. The molecule has 1 heterocycles. The normalized spacial score (nSPS) is 17.3. The molecular formula is C27H27ClFN3O5S. The van der Waals surface area contributed by atoms with Crippen LogP contribution in [0.1, 0.15) is 6.42 Å². The summed E-state index contributed by atoms with van der Waals surface area (Å²) in [5.41, 5.74) is 1.15. The zero-order valence-electron chi connectivity index (χ0n) is 20.8. The highest BCUT2D eigenvalue weighted by Gasteiger charge is 2.40.